The summed E-state index contributed by atoms with van der Waals surface area (Å²) < 4.78 is 35.3. The Hall–Kier alpha value is -1.02. The van der Waals surface area contributed by atoms with E-state index in [1.807, 2.05) is 0 Å². The third-order valence-electron chi connectivity index (χ3n) is 18.7. The highest BCUT2D eigenvalue weighted by Gasteiger charge is 2.70. The molecule has 6 fully saturated rings. The highest BCUT2D eigenvalue weighted by molar-refractivity contribution is 5.32. The molecule has 7 rings (SSSR count). The fourth-order valence-corrected chi connectivity index (χ4v) is 14.2. The van der Waals surface area contributed by atoms with Crippen molar-refractivity contribution < 1.29 is 94.8 Å². The number of aliphatic hydroxyl groups is 13. The minimum absolute atomic E-state index is 0.0596. The molecular formula is C48H82O19. The zero-order valence-electron chi connectivity index (χ0n) is 40.3. The molecule has 3 heterocycles. The lowest BCUT2D eigenvalue weighted by Crippen LogP contribution is -2.65. The van der Waals surface area contributed by atoms with Gasteiger partial charge in [0.05, 0.1) is 43.7 Å². The molecule has 3 aliphatic heterocycles. The Balaban J connectivity index is 1.01. The standard InChI is InChI=1S/C48H82O19/c1-21(9-13-31(45(4,5)61)67-43-40(60)37(57)34(54)27(65-43)20-62-41-38(58)35(55)32(52)25(18-49)63-41)22-15-16-46(6)28-12-10-23-24(48(28,8)29(51)17-47(22,46)7)11-14-30(44(23,2)3)66-42-39(59)36(56)33(53)26(19-50)64-42/h10,21-22,24-43,49-61H,9,11-20H2,1-8H3/t21-,22-,24-,25+,26-,27-,28+,29-,30+,31-,32+,33-,34-,35-,36+,37+,38+,39-,40-,41+,42+,43+,46+,47-,48+/m1/s1. The summed E-state index contributed by atoms with van der Waals surface area (Å²) in [6, 6.07) is 0. The average Bonchev–Trinajstić information content (AvgIpc) is 3.54. The van der Waals surface area contributed by atoms with E-state index in [4.69, 9.17) is 28.4 Å². The Kier molecular flexibility index (Phi) is 15.9. The first-order chi connectivity index (χ1) is 31.2. The number of aliphatic hydroxyl groups excluding tert-OH is 12. The van der Waals surface area contributed by atoms with Crippen molar-refractivity contribution in [2.24, 2.45) is 45.3 Å². The molecule has 19 nitrogen and oxygen atoms in total. The van der Waals surface area contributed by atoms with Crippen LogP contribution in [0.5, 0.6) is 0 Å². The van der Waals surface area contributed by atoms with E-state index in [2.05, 4.69) is 47.6 Å². The zero-order valence-corrected chi connectivity index (χ0v) is 40.3. The molecule has 0 aromatic heterocycles. The number of ether oxygens (including phenoxy) is 6. The maximum absolute atomic E-state index is 12.6. The van der Waals surface area contributed by atoms with Crippen LogP contribution in [-0.4, -0.2) is 202 Å². The van der Waals surface area contributed by atoms with Crippen molar-refractivity contribution in [2.45, 2.75) is 223 Å². The predicted octanol–water partition coefficient (Wildman–Crippen LogP) is -1.06. The Morgan fingerprint density at radius 1 is 0.672 bits per heavy atom. The zero-order chi connectivity index (χ0) is 49.5. The second kappa shape index (κ2) is 19.8. The van der Waals surface area contributed by atoms with Crippen LogP contribution in [0.25, 0.3) is 0 Å². The van der Waals surface area contributed by atoms with Gasteiger partial charge in [0.25, 0.3) is 0 Å². The summed E-state index contributed by atoms with van der Waals surface area (Å²) in [5.41, 5.74) is -1.60. The van der Waals surface area contributed by atoms with E-state index in [0.717, 1.165) is 25.7 Å². The van der Waals surface area contributed by atoms with Crippen molar-refractivity contribution in [3.63, 3.8) is 0 Å². The van der Waals surface area contributed by atoms with Gasteiger partial charge >= 0.3 is 0 Å². The van der Waals surface area contributed by atoms with Crippen molar-refractivity contribution in [3.8, 4) is 0 Å². The minimum Gasteiger partial charge on any atom is -0.394 e. The molecule has 7 aliphatic rings. The molecule has 0 unspecified atom stereocenters. The third kappa shape index (κ3) is 9.24. The van der Waals surface area contributed by atoms with E-state index in [-0.39, 0.29) is 34.5 Å². The van der Waals surface area contributed by atoms with Gasteiger partial charge in [-0.2, -0.15) is 0 Å². The summed E-state index contributed by atoms with van der Waals surface area (Å²) in [5.74, 6) is 0.547. The van der Waals surface area contributed by atoms with Crippen LogP contribution in [0.15, 0.2) is 11.6 Å². The molecule has 0 radical (unpaired) electrons. The van der Waals surface area contributed by atoms with Crippen molar-refractivity contribution in [3.05, 3.63) is 11.6 Å². The molecule has 67 heavy (non-hydrogen) atoms. The number of allylic oxidation sites excluding steroid dienone is 1. The lowest BCUT2D eigenvalue weighted by Gasteiger charge is -2.67. The maximum Gasteiger partial charge on any atom is 0.187 e. The monoisotopic (exact) mass is 963 g/mol. The van der Waals surface area contributed by atoms with Crippen LogP contribution in [0.1, 0.15) is 107 Å². The van der Waals surface area contributed by atoms with Gasteiger partial charge < -0.3 is 94.8 Å². The van der Waals surface area contributed by atoms with Gasteiger partial charge in [0.15, 0.2) is 18.9 Å². The molecule has 0 amide bonds. The molecular weight excluding hydrogens is 881 g/mol. The van der Waals surface area contributed by atoms with Gasteiger partial charge in [-0.05, 0) is 99.7 Å². The molecule has 0 spiro atoms. The first-order valence-corrected chi connectivity index (χ1v) is 24.5. The smallest absolute Gasteiger partial charge is 0.187 e. The topological polar surface area (TPSA) is 318 Å². The third-order valence-corrected chi connectivity index (χ3v) is 18.7. The van der Waals surface area contributed by atoms with Crippen LogP contribution in [0.3, 0.4) is 0 Å². The molecule has 0 aromatic rings. The second-order valence-corrected chi connectivity index (χ2v) is 23.1. The highest BCUT2D eigenvalue weighted by atomic mass is 16.7. The molecule has 25 atom stereocenters. The minimum atomic E-state index is -1.75. The summed E-state index contributed by atoms with van der Waals surface area (Å²) in [6.07, 6.45) is -16.7. The van der Waals surface area contributed by atoms with Gasteiger partial charge in [0, 0.05) is 10.8 Å². The van der Waals surface area contributed by atoms with Crippen LogP contribution in [0.2, 0.25) is 0 Å². The quantitative estimate of drug-likeness (QED) is 0.0924. The van der Waals surface area contributed by atoms with Gasteiger partial charge in [-0.3, -0.25) is 0 Å². The van der Waals surface area contributed by atoms with Gasteiger partial charge in [0.2, 0.25) is 0 Å². The van der Waals surface area contributed by atoms with E-state index >= 15 is 0 Å². The van der Waals surface area contributed by atoms with Gasteiger partial charge in [-0.1, -0.05) is 53.2 Å². The summed E-state index contributed by atoms with van der Waals surface area (Å²) in [4.78, 5) is 0. The van der Waals surface area contributed by atoms with Gasteiger partial charge in [-0.25, -0.2) is 0 Å². The Bertz CT molecular complexity index is 1710. The fraction of sp³-hybridized carbons (Fsp3) is 0.958. The van der Waals surface area contributed by atoms with Crippen molar-refractivity contribution >= 4 is 0 Å². The number of fused-ring (bicyclic) bond motifs is 5. The fourth-order valence-electron chi connectivity index (χ4n) is 14.2. The Labute approximate surface area is 393 Å². The van der Waals surface area contributed by atoms with E-state index in [9.17, 15) is 66.4 Å². The molecule has 19 heteroatoms. The summed E-state index contributed by atoms with van der Waals surface area (Å²) >= 11 is 0. The molecule has 0 bridgehead atoms. The van der Waals surface area contributed by atoms with Crippen LogP contribution < -0.4 is 0 Å². The lowest BCUT2D eigenvalue weighted by atomic mass is 9.38. The maximum atomic E-state index is 12.6. The SMILES string of the molecule is C[C@H](CC[C@@H](O[C@@H]1O[C@H](CO[C@H]2O[C@@H](CO)[C@H](O)[C@@H](O)[C@@H]2O)[C@@H](O)[C@H](O)[C@H]1O)C(C)(C)O)[C@H]1CC[C@@]2(C)[C@@H]3CC=C4[C@@H](CC[C@H](O[C@@H]5O[C@H](CO)[C@@H](O)[C@H](O)[C@H]5O)C4(C)C)[C@]3(C)[C@H](O)C[C@]12C. The average molecular weight is 963 g/mol. The van der Waals surface area contributed by atoms with Crippen molar-refractivity contribution in [2.75, 3.05) is 19.8 Å². The van der Waals surface area contributed by atoms with Crippen LogP contribution >= 0.6 is 0 Å². The molecule has 388 valence electrons. The van der Waals surface area contributed by atoms with E-state index in [1.54, 1.807) is 13.8 Å². The molecule has 3 saturated heterocycles. The van der Waals surface area contributed by atoms with Crippen molar-refractivity contribution in [1.82, 2.24) is 0 Å². The molecule has 13 N–H and O–H groups in total. The molecule has 0 aromatic carbocycles. The predicted molar refractivity (Wildman–Crippen MR) is 235 cm³/mol. The Morgan fingerprint density at radius 2 is 1.21 bits per heavy atom. The molecule has 3 saturated carbocycles. The molecule has 4 aliphatic carbocycles. The van der Waals surface area contributed by atoms with E-state index < -0.39 is 147 Å². The first-order valence-electron chi connectivity index (χ1n) is 24.5. The number of rotatable bonds is 14. The van der Waals surface area contributed by atoms with Crippen molar-refractivity contribution in [1.29, 1.82) is 0 Å². The summed E-state index contributed by atoms with van der Waals surface area (Å²) in [5, 5.41) is 138. The van der Waals surface area contributed by atoms with E-state index in [1.165, 1.54) is 5.57 Å². The van der Waals surface area contributed by atoms with Crippen LogP contribution in [0.4, 0.5) is 0 Å². The lowest BCUT2D eigenvalue weighted by molar-refractivity contribution is -0.341. The Morgan fingerprint density at radius 3 is 1.79 bits per heavy atom. The largest absolute Gasteiger partial charge is 0.394 e. The van der Waals surface area contributed by atoms with Gasteiger partial charge in [0.1, 0.15) is 73.2 Å². The highest BCUT2D eigenvalue weighted by Crippen LogP contribution is 2.75. The summed E-state index contributed by atoms with van der Waals surface area (Å²) in [7, 11) is 0. The summed E-state index contributed by atoms with van der Waals surface area (Å²) in [6.45, 7) is 14.8. The number of hydrogen-bond acceptors (Lipinski definition) is 19. The normalized spacial score (nSPS) is 51.0. The van der Waals surface area contributed by atoms with Crippen LogP contribution in [0, 0.1) is 45.3 Å². The van der Waals surface area contributed by atoms with E-state index in [0.29, 0.717) is 25.7 Å². The number of hydrogen-bond donors (Lipinski definition) is 13. The van der Waals surface area contributed by atoms with Gasteiger partial charge in [-0.15, -0.1) is 0 Å². The van der Waals surface area contributed by atoms with Crippen LogP contribution in [-0.2, 0) is 28.4 Å². The second-order valence-electron chi connectivity index (χ2n) is 23.1. The first kappa shape index (κ1) is 53.8.